The van der Waals surface area contributed by atoms with Gasteiger partial charge < -0.3 is 10.0 Å². The summed E-state index contributed by atoms with van der Waals surface area (Å²) >= 11 is 0. The van der Waals surface area contributed by atoms with Gasteiger partial charge in [-0.2, -0.15) is 0 Å². The highest BCUT2D eigenvalue weighted by Crippen LogP contribution is 2.29. The van der Waals surface area contributed by atoms with Crippen molar-refractivity contribution < 1.29 is 14.7 Å². The normalized spacial score (nSPS) is 17.6. The third kappa shape index (κ3) is 4.32. The van der Waals surface area contributed by atoms with Crippen molar-refractivity contribution in [2.75, 3.05) is 13.1 Å². The fourth-order valence-electron chi connectivity index (χ4n) is 3.41. The topological polar surface area (TPSA) is 83.4 Å². The van der Waals surface area contributed by atoms with Gasteiger partial charge in [-0.3, -0.25) is 9.78 Å². The number of benzene rings is 1. The molecule has 1 aliphatic rings. The number of hydrogen-bond donors (Lipinski definition) is 1. The van der Waals surface area contributed by atoms with E-state index in [2.05, 4.69) is 4.98 Å². The summed E-state index contributed by atoms with van der Waals surface area (Å²) in [6, 6.07) is 6.70. The Labute approximate surface area is 159 Å². The molecular weight excluding hydrogens is 342 g/mol. The van der Waals surface area contributed by atoms with Crippen LogP contribution in [0.2, 0.25) is 0 Å². The molecule has 3 rings (SSSR count). The molecule has 1 atom stereocenters. The first-order valence-corrected chi connectivity index (χ1v) is 9.21. The zero-order valence-electron chi connectivity index (χ0n) is 16.0. The molecule has 0 saturated carbocycles. The predicted octanol–water partition coefficient (Wildman–Crippen LogP) is 3.59. The molecule has 0 bridgehead atoms. The maximum absolute atomic E-state index is 12.6. The summed E-state index contributed by atoms with van der Waals surface area (Å²) in [4.78, 5) is 34.8. The van der Waals surface area contributed by atoms with E-state index in [-0.39, 0.29) is 17.4 Å². The second kappa shape index (κ2) is 7.47. The summed E-state index contributed by atoms with van der Waals surface area (Å²) in [5.74, 6) is -0.671. The quantitative estimate of drug-likeness (QED) is 0.896. The molecule has 0 aliphatic carbocycles. The first-order valence-electron chi connectivity index (χ1n) is 9.21. The molecule has 0 unspecified atom stereocenters. The lowest BCUT2D eigenvalue weighted by Crippen LogP contribution is -2.44. The third-order valence-electron chi connectivity index (χ3n) is 4.83. The first kappa shape index (κ1) is 19.0. The maximum atomic E-state index is 12.6. The Hall–Kier alpha value is -2.76. The molecule has 6 heteroatoms. The molecule has 1 fully saturated rings. The number of carbonyl (C=O) groups excluding carboxylic acids is 1. The number of aromatic nitrogens is 2. The van der Waals surface area contributed by atoms with Gasteiger partial charge in [0.25, 0.3) is 0 Å². The number of hydrogen-bond acceptors (Lipinski definition) is 4. The van der Waals surface area contributed by atoms with Gasteiger partial charge in [0.2, 0.25) is 5.91 Å². The number of carboxylic acid groups (broad SMARTS) is 1. The van der Waals surface area contributed by atoms with Crippen LogP contribution in [0.1, 0.15) is 55.6 Å². The van der Waals surface area contributed by atoms with Crippen LogP contribution in [-0.4, -0.2) is 44.9 Å². The molecule has 1 aromatic carbocycles. The van der Waals surface area contributed by atoms with Crippen LogP contribution in [0.4, 0.5) is 0 Å². The molecule has 1 amide bonds. The van der Waals surface area contributed by atoms with Crippen LogP contribution in [0, 0.1) is 5.41 Å². The van der Waals surface area contributed by atoms with Gasteiger partial charge >= 0.3 is 5.97 Å². The second-order valence-electron chi connectivity index (χ2n) is 8.06. The standard InChI is InChI=1S/C21H25N3O3/c1-21(2,3)20(27)24-9-5-8-16(13-24)18-12-22-11-17(23-18)14-6-4-7-15(10-14)19(25)26/h4,6-7,10-12,16H,5,8-9,13H2,1-3H3,(H,25,26)/t16-/m1/s1. The Morgan fingerprint density at radius 1 is 1.22 bits per heavy atom. The van der Waals surface area contributed by atoms with Crippen molar-refractivity contribution in [3.8, 4) is 11.3 Å². The molecular formula is C21H25N3O3. The fourth-order valence-corrected chi connectivity index (χ4v) is 3.41. The molecule has 0 spiro atoms. The molecule has 0 radical (unpaired) electrons. The second-order valence-corrected chi connectivity index (χ2v) is 8.06. The van der Waals surface area contributed by atoms with Crippen LogP contribution in [-0.2, 0) is 4.79 Å². The van der Waals surface area contributed by atoms with Gasteiger partial charge in [-0.25, -0.2) is 9.78 Å². The number of nitrogens with zero attached hydrogens (tertiary/aromatic N) is 3. The summed E-state index contributed by atoms with van der Waals surface area (Å²) in [6.45, 7) is 7.24. The average Bonchev–Trinajstić information content (AvgIpc) is 2.67. The maximum Gasteiger partial charge on any atom is 0.335 e. The average molecular weight is 367 g/mol. The molecule has 2 aromatic rings. The smallest absolute Gasteiger partial charge is 0.335 e. The number of rotatable bonds is 3. The van der Waals surface area contributed by atoms with Crippen LogP contribution in [0.15, 0.2) is 36.7 Å². The number of carboxylic acids is 1. The Morgan fingerprint density at radius 3 is 2.70 bits per heavy atom. The minimum atomic E-state index is -0.968. The van der Waals surface area contributed by atoms with Crippen molar-refractivity contribution in [3.63, 3.8) is 0 Å². The van der Waals surface area contributed by atoms with Crippen LogP contribution in [0.3, 0.4) is 0 Å². The van der Waals surface area contributed by atoms with Crippen molar-refractivity contribution in [1.82, 2.24) is 14.9 Å². The summed E-state index contributed by atoms with van der Waals surface area (Å²) < 4.78 is 0. The molecule has 2 heterocycles. The number of aromatic carboxylic acids is 1. The van der Waals surface area contributed by atoms with Crippen molar-refractivity contribution in [3.05, 3.63) is 47.9 Å². The van der Waals surface area contributed by atoms with Gasteiger partial charge in [0.1, 0.15) is 0 Å². The molecule has 1 N–H and O–H groups in total. The lowest BCUT2D eigenvalue weighted by molar-refractivity contribution is -0.140. The predicted molar refractivity (Wildman–Crippen MR) is 102 cm³/mol. The molecule has 1 aliphatic heterocycles. The monoisotopic (exact) mass is 367 g/mol. The van der Waals surface area contributed by atoms with Gasteiger partial charge in [0.05, 0.1) is 23.1 Å². The van der Waals surface area contributed by atoms with Crippen molar-refractivity contribution in [2.45, 2.75) is 39.5 Å². The first-order chi connectivity index (χ1) is 12.8. The SMILES string of the molecule is CC(C)(C)C(=O)N1CCC[C@@H](c2cncc(-c3cccc(C(=O)O)c3)n2)C1. The highest BCUT2D eigenvalue weighted by molar-refractivity contribution is 5.89. The van der Waals surface area contributed by atoms with E-state index in [1.165, 1.54) is 0 Å². The fraction of sp³-hybridized carbons (Fsp3) is 0.429. The van der Waals surface area contributed by atoms with Crippen LogP contribution >= 0.6 is 0 Å². The molecule has 27 heavy (non-hydrogen) atoms. The minimum Gasteiger partial charge on any atom is -0.478 e. The summed E-state index contributed by atoms with van der Waals surface area (Å²) in [5.41, 5.74) is 2.05. The Kier molecular flexibility index (Phi) is 5.26. The van der Waals surface area contributed by atoms with E-state index in [0.29, 0.717) is 12.2 Å². The Bertz CT molecular complexity index is 858. The summed E-state index contributed by atoms with van der Waals surface area (Å²) in [5, 5.41) is 9.19. The lowest BCUT2D eigenvalue weighted by atomic mass is 9.90. The van der Waals surface area contributed by atoms with Gasteiger partial charge in [-0.15, -0.1) is 0 Å². The van der Waals surface area contributed by atoms with Crippen LogP contribution in [0.5, 0.6) is 0 Å². The van der Waals surface area contributed by atoms with Gasteiger partial charge in [-0.05, 0) is 25.0 Å². The van der Waals surface area contributed by atoms with E-state index >= 15 is 0 Å². The Balaban J connectivity index is 1.84. The van der Waals surface area contributed by atoms with Crippen molar-refractivity contribution in [1.29, 1.82) is 0 Å². The summed E-state index contributed by atoms with van der Waals surface area (Å²) in [6.07, 6.45) is 5.29. The van der Waals surface area contributed by atoms with Crippen molar-refractivity contribution >= 4 is 11.9 Å². The molecule has 1 saturated heterocycles. The highest BCUT2D eigenvalue weighted by atomic mass is 16.4. The van der Waals surface area contributed by atoms with E-state index in [0.717, 1.165) is 30.6 Å². The van der Waals surface area contributed by atoms with E-state index in [1.807, 2.05) is 31.7 Å². The zero-order chi connectivity index (χ0) is 19.6. The zero-order valence-corrected chi connectivity index (χ0v) is 16.0. The number of amides is 1. The summed E-state index contributed by atoms with van der Waals surface area (Å²) in [7, 11) is 0. The lowest BCUT2D eigenvalue weighted by Gasteiger charge is -2.36. The van der Waals surface area contributed by atoms with Crippen LogP contribution < -0.4 is 0 Å². The minimum absolute atomic E-state index is 0.139. The Morgan fingerprint density at radius 2 is 2.00 bits per heavy atom. The molecule has 142 valence electrons. The van der Waals surface area contributed by atoms with E-state index in [9.17, 15) is 14.7 Å². The number of piperidine rings is 1. The largest absolute Gasteiger partial charge is 0.478 e. The van der Waals surface area contributed by atoms with Gasteiger partial charge in [0, 0.05) is 36.2 Å². The third-order valence-corrected chi connectivity index (χ3v) is 4.83. The van der Waals surface area contributed by atoms with Crippen LogP contribution in [0.25, 0.3) is 11.3 Å². The van der Waals surface area contributed by atoms with E-state index < -0.39 is 11.4 Å². The van der Waals surface area contributed by atoms with E-state index in [1.54, 1.807) is 30.6 Å². The molecule has 6 nitrogen and oxygen atoms in total. The van der Waals surface area contributed by atoms with E-state index in [4.69, 9.17) is 4.98 Å². The van der Waals surface area contributed by atoms with Gasteiger partial charge in [-0.1, -0.05) is 32.9 Å². The number of carbonyl (C=O) groups is 2. The number of likely N-dealkylation sites (tertiary alicyclic amines) is 1. The highest BCUT2D eigenvalue weighted by Gasteiger charge is 2.32. The van der Waals surface area contributed by atoms with Crippen molar-refractivity contribution in [2.24, 2.45) is 5.41 Å². The van der Waals surface area contributed by atoms with Gasteiger partial charge in [0.15, 0.2) is 0 Å². The molecule has 1 aromatic heterocycles.